The normalized spacial score (nSPS) is 13.7. The molecule has 3 rings (SSSR count). The molecule has 2 aromatic rings. The molecule has 1 unspecified atom stereocenters. The number of fused-ring (bicyclic) bond motifs is 1. The van der Waals surface area contributed by atoms with E-state index in [1.165, 1.54) is 25.2 Å². The van der Waals surface area contributed by atoms with Crippen LogP contribution < -0.4 is 20.1 Å². The first-order valence-electron chi connectivity index (χ1n) is 7.86. The van der Waals surface area contributed by atoms with Crippen molar-refractivity contribution in [3.8, 4) is 11.5 Å². The minimum Gasteiger partial charge on any atom is -0.486 e. The van der Waals surface area contributed by atoms with Gasteiger partial charge in [-0.1, -0.05) is 6.07 Å². The van der Waals surface area contributed by atoms with Crippen LogP contribution in [-0.4, -0.2) is 32.1 Å². The van der Waals surface area contributed by atoms with E-state index < -0.39 is 29.5 Å². The molecule has 0 fully saturated rings. The van der Waals surface area contributed by atoms with E-state index in [0.29, 0.717) is 24.7 Å². The first-order chi connectivity index (χ1) is 12.5. The monoisotopic (exact) mass is 362 g/mol. The standard InChI is InChI=1S/C18H16F2N2O4/c1-21-18(24)16(10-2-4-12(19)13(20)8-10)22-17(23)11-3-5-14-15(9-11)26-7-6-25-14/h2-5,8-9,16H,6-7H2,1H3,(H,21,24)(H,22,23). The van der Waals surface area contributed by atoms with Gasteiger partial charge in [-0.3, -0.25) is 9.59 Å². The lowest BCUT2D eigenvalue weighted by Gasteiger charge is -2.20. The number of carbonyl (C=O) groups is 2. The topological polar surface area (TPSA) is 76.7 Å². The molecule has 1 heterocycles. The zero-order valence-corrected chi connectivity index (χ0v) is 13.8. The van der Waals surface area contributed by atoms with E-state index in [1.54, 1.807) is 6.07 Å². The van der Waals surface area contributed by atoms with E-state index in [1.807, 2.05) is 0 Å². The lowest BCUT2D eigenvalue weighted by molar-refractivity contribution is -0.122. The van der Waals surface area contributed by atoms with E-state index in [4.69, 9.17) is 9.47 Å². The second-order valence-electron chi connectivity index (χ2n) is 5.55. The maximum atomic E-state index is 13.5. The Labute approximate surface area is 148 Å². The van der Waals surface area contributed by atoms with Gasteiger partial charge in [0.25, 0.3) is 5.91 Å². The highest BCUT2D eigenvalue weighted by molar-refractivity contribution is 5.98. The van der Waals surface area contributed by atoms with Gasteiger partial charge < -0.3 is 20.1 Å². The molecule has 6 nitrogen and oxygen atoms in total. The van der Waals surface area contributed by atoms with Crippen LogP contribution in [0.2, 0.25) is 0 Å². The zero-order valence-electron chi connectivity index (χ0n) is 13.8. The number of nitrogens with one attached hydrogen (secondary N) is 2. The SMILES string of the molecule is CNC(=O)C(NC(=O)c1ccc2c(c1)OCCO2)c1ccc(F)c(F)c1. The summed E-state index contributed by atoms with van der Waals surface area (Å²) in [5.41, 5.74) is 0.361. The number of rotatable bonds is 4. The predicted molar refractivity (Wildman–Crippen MR) is 88.1 cm³/mol. The summed E-state index contributed by atoms with van der Waals surface area (Å²) in [6.45, 7) is 0.793. The number of halogens is 2. The first kappa shape index (κ1) is 17.7. The van der Waals surface area contributed by atoms with Crippen LogP contribution in [0.5, 0.6) is 11.5 Å². The summed E-state index contributed by atoms with van der Waals surface area (Å²) >= 11 is 0. The average Bonchev–Trinajstić information content (AvgIpc) is 2.67. The average molecular weight is 362 g/mol. The second kappa shape index (κ2) is 7.38. The molecule has 136 valence electrons. The summed E-state index contributed by atoms with van der Waals surface area (Å²) in [6.07, 6.45) is 0. The molecule has 0 radical (unpaired) electrons. The van der Waals surface area contributed by atoms with Crippen molar-refractivity contribution in [2.45, 2.75) is 6.04 Å². The van der Waals surface area contributed by atoms with E-state index in [0.717, 1.165) is 12.1 Å². The number of likely N-dealkylation sites (N-methyl/N-ethyl adjacent to an activating group) is 1. The molecule has 2 aromatic carbocycles. The van der Waals surface area contributed by atoms with E-state index >= 15 is 0 Å². The van der Waals surface area contributed by atoms with Crippen molar-refractivity contribution >= 4 is 11.8 Å². The van der Waals surface area contributed by atoms with Gasteiger partial charge in [0.1, 0.15) is 19.3 Å². The zero-order chi connectivity index (χ0) is 18.7. The molecule has 2 amide bonds. The minimum absolute atomic E-state index is 0.120. The Morgan fingerprint density at radius 2 is 1.73 bits per heavy atom. The Morgan fingerprint density at radius 1 is 1.00 bits per heavy atom. The van der Waals surface area contributed by atoms with Crippen molar-refractivity contribution < 1.29 is 27.8 Å². The lowest BCUT2D eigenvalue weighted by Crippen LogP contribution is -2.39. The molecule has 1 aliphatic rings. The van der Waals surface area contributed by atoms with Gasteiger partial charge in [0.2, 0.25) is 5.91 Å². The van der Waals surface area contributed by atoms with Crippen LogP contribution in [0.4, 0.5) is 8.78 Å². The first-order valence-corrected chi connectivity index (χ1v) is 7.86. The second-order valence-corrected chi connectivity index (χ2v) is 5.55. The Hall–Kier alpha value is -3.16. The van der Waals surface area contributed by atoms with Crippen LogP contribution >= 0.6 is 0 Å². The third-order valence-corrected chi connectivity index (χ3v) is 3.87. The molecule has 0 aromatic heterocycles. The molecular weight excluding hydrogens is 346 g/mol. The van der Waals surface area contributed by atoms with Crippen molar-refractivity contribution in [3.05, 3.63) is 59.2 Å². The number of hydrogen-bond acceptors (Lipinski definition) is 4. The predicted octanol–water partition coefficient (Wildman–Crippen LogP) is 1.95. The molecular formula is C18H16F2N2O4. The van der Waals surface area contributed by atoms with Gasteiger partial charge in [-0.25, -0.2) is 8.78 Å². The third kappa shape index (κ3) is 3.58. The molecule has 0 saturated carbocycles. The van der Waals surface area contributed by atoms with E-state index in [2.05, 4.69) is 10.6 Å². The largest absolute Gasteiger partial charge is 0.486 e. The fraction of sp³-hybridized carbons (Fsp3) is 0.222. The summed E-state index contributed by atoms with van der Waals surface area (Å²) in [5.74, 6) is -2.33. The molecule has 26 heavy (non-hydrogen) atoms. The summed E-state index contributed by atoms with van der Waals surface area (Å²) < 4.78 is 37.5. The maximum Gasteiger partial charge on any atom is 0.252 e. The van der Waals surface area contributed by atoms with Gasteiger partial charge >= 0.3 is 0 Å². The maximum absolute atomic E-state index is 13.5. The Bertz CT molecular complexity index is 857. The van der Waals surface area contributed by atoms with Gasteiger partial charge in [0.05, 0.1) is 0 Å². The van der Waals surface area contributed by atoms with E-state index in [-0.39, 0.29) is 11.1 Å². The molecule has 0 aliphatic carbocycles. The third-order valence-electron chi connectivity index (χ3n) is 3.87. The van der Waals surface area contributed by atoms with Gasteiger partial charge in [-0.15, -0.1) is 0 Å². The summed E-state index contributed by atoms with van der Waals surface area (Å²) in [4.78, 5) is 24.7. The number of carbonyl (C=O) groups excluding carboxylic acids is 2. The number of amides is 2. The summed E-state index contributed by atoms with van der Waals surface area (Å²) in [7, 11) is 1.38. The highest BCUT2D eigenvalue weighted by Crippen LogP contribution is 2.31. The van der Waals surface area contributed by atoms with Gasteiger partial charge in [-0.05, 0) is 35.9 Å². The van der Waals surface area contributed by atoms with Crippen molar-refractivity contribution in [1.82, 2.24) is 10.6 Å². The highest BCUT2D eigenvalue weighted by Gasteiger charge is 2.24. The molecule has 0 bridgehead atoms. The Morgan fingerprint density at radius 3 is 2.42 bits per heavy atom. The van der Waals surface area contributed by atoms with Crippen LogP contribution in [0.25, 0.3) is 0 Å². The highest BCUT2D eigenvalue weighted by atomic mass is 19.2. The van der Waals surface area contributed by atoms with Crippen molar-refractivity contribution in [1.29, 1.82) is 0 Å². The van der Waals surface area contributed by atoms with Crippen LogP contribution in [-0.2, 0) is 4.79 Å². The summed E-state index contributed by atoms with van der Waals surface area (Å²) in [6, 6.07) is 6.44. The lowest BCUT2D eigenvalue weighted by atomic mass is 10.0. The molecule has 2 N–H and O–H groups in total. The van der Waals surface area contributed by atoms with Gasteiger partial charge in [0, 0.05) is 12.6 Å². The summed E-state index contributed by atoms with van der Waals surface area (Å²) in [5, 5.41) is 4.91. The number of hydrogen-bond donors (Lipinski definition) is 2. The van der Waals surface area contributed by atoms with Crippen molar-refractivity contribution in [2.24, 2.45) is 0 Å². The molecule has 0 spiro atoms. The van der Waals surface area contributed by atoms with E-state index in [9.17, 15) is 18.4 Å². The van der Waals surface area contributed by atoms with Crippen molar-refractivity contribution in [3.63, 3.8) is 0 Å². The Kier molecular flexibility index (Phi) is 5.01. The molecule has 0 saturated heterocycles. The quantitative estimate of drug-likeness (QED) is 0.872. The van der Waals surface area contributed by atoms with Gasteiger partial charge in [0.15, 0.2) is 23.1 Å². The number of benzene rings is 2. The van der Waals surface area contributed by atoms with Crippen LogP contribution in [0.1, 0.15) is 22.0 Å². The fourth-order valence-corrected chi connectivity index (χ4v) is 2.54. The Balaban J connectivity index is 1.85. The molecule has 8 heteroatoms. The number of ether oxygens (including phenoxy) is 2. The molecule has 1 aliphatic heterocycles. The minimum atomic E-state index is -1.18. The molecule has 1 atom stereocenters. The van der Waals surface area contributed by atoms with Crippen LogP contribution in [0, 0.1) is 11.6 Å². The van der Waals surface area contributed by atoms with Crippen LogP contribution in [0.3, 0.4) is 0 Å². The van der Waals surface area contributed by atoms with Crippen LogP contribution in [0.15, 0.2) is 36.4 Å². The smallest absolute Gasteiger partial charge is 0.252 e. The van der Waals surface area contributed by atoms with Gasteiger partial charge in [-0.2, -0.15) is 0 Å². The fourth-order valence-electron chi connectivity index (χ4n) is 2.54. The van der Waals surface area contributed by atoms with Crippen molar-refractivity contribution in [2.75, 3.05) is 20.3 Å².